The average molecular weight is 270 g/mol. The van der Waals surface area contributed by atoms with E-state index in [9.17, 15) is 9.59 Å². The highest BCUT2D eigenvalue weighted by Gasteiger charge is 2.11. The van der Waals surface area contributed by atoms with Gasteiger partial charge in [-0.15, -0.1) is 0 Å². The van der Waals surface area contributed by atoms with Crippen molar-refractivity contribution in [1.29, 1.82) is 0 Å². The Bertz CT molecular complexity index is 349. The van der Waals surface area contributed by atoms with Crippen molar-refractivity contribution in [2.45, 2.75) is 46.6 Å². The number of amides is 1. The minimum atomic E-state index is -1.05. The van der Waals surface area contributed by atoms with Gasteiger partial charge in [-0.3, -0.25) is 4.79 Å². The second kappa shape index (κ2) is 8.69. The molecule has 0 aliphatic rings. The zero-order valence-electron chi connectivity index (χ0n) is 12.6. The quantitative estimate of drug-likeness (QED) is 0.520. The van der Waals surface area contributed by atoms with E-state index in [1.54, 1.807) is 0 Å². The number of rotatable bonds is 8. The zero-order chi connectivity index (χ0) is 15.0. The lowest BCUT2D eigenvalue weighted by Crippen LogP contribution is -2.29. The van der Waals surface area contributed by atoms with Crippen LogP contribution in [-0.4, -0.2) is 48.1 Å². The van der Waals surface area contributed by atoms with Crippen molar-refractivity contribution in [2.75, 3.05) is 20.1 Å². The van der Waals surface area contributed by atoms with Gasteiger partial charge in [0.1, 0.15) is 0 Å². The molecule has 0 unspecified atom stereocenters. The Morgan fingerprint density at radius 1 is 1.16 bits per heavy atom. The topological polar surface area (TPSA) is 69.6 Å². The third-order valence-electron chi connectivity index (χ3n) is 3.33. The Balaban J connectivity index is 3.94. The van der Waals surface area contributed by atoms with Gasteiger partial charge >= 0.3 is 5.97 Å². The second-order valence-electron chi connectivity index (χ2n) is 5.09. The number of carboxylic acids is 1. The van der Waals surface area contributed by atoms with Gasteiger partial charge < -0.3 is 15.3 Å². The lowest BCUT2D eigenvalue weighted by atomic mass is 10.1. The largest absolute Gasteiger partial charge is 0.478 e. The van der Waals surface area contributed by atoms with Crippen molar-refractivity contribution >= 4 is 11.9 Å². The molecule has 0 rings (SSSR count). The predicted molar refractivity (Wildman–Crippen MR) is 76.0 cm³/mol. The minimum absolute atomic E-state index is 0.0945. The van der Waals surface area contributed by atoms with Crippen LogP contribution in [0, 0.1) is 0 Å². The van der Waals surface area contributed by atoms with E-state index in [0.29, 0.717) is 12.6 Å². The van der Waals surface area contributed by atoms with Crippen molar-refractivity contribution in [1.82, 2.24) is 10.2 Å². The summed E-state index contributed by atoms with van der Waals surface area (Å²) in [4.78, 5) is 24.6. The van der Waals surface area contributed by atoms with Crippen LogP contribution in [0.25, 0.3) is 0 Å². The van der Waals surface area contributed by atoms with E-state index in [2.05, 4.69) is 31.1 Å². The zero-order valence-corrected chi connectivity index (χ0v) is 12.6. The number of aliphatic carboxylic acids is 1. The molecule has 0 saturated carbocycles. The Kier molecular flexibility index (Phi) is 8.07. The third-order valence-corrected chi connectivity index (χ3v) is 3.33. The molecule has 0 aromatic heterocycles. The first-order valence-corrected chi connectivity index (χ1v) is 6.66. The second-order valence-corrected chi connectivity index (χ2v) is 5.09. The Hall–Kier alpha value is -1.36. The van der Waals surface area contributed by atoms with Crippen LogP contribution < -0.4 is 5.32 Å². The fraction of sp³-hybridized carbons (Fsp3) is 0.714. The molecule has 0 aliphatic carbocycles. The summed E-state index contributed by atoms with van der Waals surface area (Å²) in [5, 5.41) is 11.5. The molecule has 110 valence electrons. The first-order valence-electron chi connectivity index (χ1n) is 6.66. The molecule has 0 aromatic rings. The monoisotopic (exact) mass is 270 g/mol. The van der Waals surface area contributed by atoms with Crippen molar-refractivity contribution < 1.29 is 14.7 Å². The Morgan fingerprint density at radius 3 is 2.21 bits per heavy atom. The maximum Gasteiger partial charge on any atom is 0.331 e. The number of carbonyl (C=O) groups excluding carboxylic acids is 1. The fourth-order valence-electron chi connectivity index (χ4n) is 1.41. The molecule has 0 atom stereocenters. The molecule has 1 amide bonds. The van der Waals surface area contributed by atoms with E-state index in [4.69, 9.17) is 5.11 Å². The molecular formula is C14H26N2O3. The molecular weight excluding hydrogens is 244 g/mol. The van der Waals surface area contributed by atoms with E-state index < -0.39 is 5.97 Å². The Morgan fingerprint density at radius 2 is 1.74 bits per heavy atom. The van der Waals surface area contributed by atoms with Gasteiger partial charge in [0.2, 0.25) is 5.91 Å². The molecule has 0 saturated heterocycles. The lowest BCUT2D eigenvalue weighted by molar-refractivity contribution is -0.133. The van der Waals surface area contributed by atoms with E-state index >= 15 is 0 Å². The SMILES string of the molecule is CC(C(=O)O)=C(C)C(=O)NCCCCN(C)C(C)C. The third kappa shape index (κ3) is 6.96. The molecule has 5 heteroatoms. The van der Waals surface area contributed by atoms with Gasteiger partial charge in [-0.25, -0.2) is 4.79 Å². The number of nitrogens with zero attached hydrogens (tertiary/aromatic N) is 1. The van der Waals surface area contributed by atoms with E-state index in [-0.39, 0.29) is 17.1 Å². The Labute approximate surface area is 115 Å². The summed E-state index contributed by atoms with van der Waals surface area (Å²) in [6, 6.07) is 0.526. The van der Waals surface area contributed by atoms with Crippen LogP contribution >= 0.6 is 0 Å². The number of hydrogen-bond donors (Lipinski definition) is 2. The first kappa shape index (κ1) is 17.6. The average Bonchev–Trinajstić information content (AvgIpc) is 2.35. The standard InChI is InChI=1S/C14H26N2O3/c1-10(2)16(5)9-7-6-8-15-13(17)11(3)12(4)14(18)19/h10H,6-9H2,1-5H3,(H,15,17)(H,18,19). The summed E-state index contributed by atoms with van der Waals surface area (Å²) in [5.41, 5.74) is 0.365. The highest BCUT2D eigenvalue weighted by atomic mass is 16.4. The smallest absolute Gasteiger partial charge is 0.331 e. The fourth-order valence-corrected chi connectivity index (χ4v) is 1.41. The van der Waals surface area contributed by atoms with Crippen LogP contribution in [0.3, 0.4) is 0 Å². The molecule has 19 heavy (non-hydrogen) atoms. The molecule has 0 bridgehead atoms. The van der Waals surface area contributed by atoms with Gasteiger partial charge in [-0.1, -0.05) is 0 Å². The molecule has 0 radical (unpaired) electrons. The molecule has 0 aromatic carbocycles. The number of carbonyl (C=O) groups is 2. The normalized spacial score (nSPS) is 12.6. The van der Waals surface area contributed by atoms with Gasteiger partial charge in [-0.2, -0.15) is 0 Å². The summed E-state index contributed by atoms with van der Waals surface area (Å²) in [5.74, 6) is -1.34. The molecule has 0 spiro atoms. The summed E-state index contributed by atoms with van der Waals surface area (Å²) in [7, 11) is 2.08. The van der Waals surface area contributed by atoms with Crippen molar-refractivity contribution in [2.24, 2.45) is 0 Å². The summed E-state index contributed by atoms with van der Waals surface area (Å²) < 4.78 is 0. The van der Waals surface area contributed by atoms with Crippen LogP contribution in [0.5, 0.6) is 0 Å². The van der Waals surface area contributed by atoms with Crippen molar-refractivity contribution in [3.8, 4) is 0 Å². The minimum Gasteiger partial charge on any atom is -0.478 e. The first-order chi connectivity index (χ1) is 8.77. The van der Waals surface area contributed by atoms with E-state index in [0.717, 1.165) is 19.4 Å². The molecule has 2 N–H and O–H groups in total. The van der Waals surface area contributed by atoms with E-state index in [1.165, 1.54) is 13.8 Å². The van der Waals surface area contributed by atoms with Gasteiger partial charge in [0.25, 0.3) is 0 Å². The maximum atomic E-state index is 11.7. The number of unbranched alkanes of at least 4 members (excludes halogenated alkanes) is 1. The van der Waals surface area contributed by atoms with Crippen LogP contribution in [0.2, 0.25) is 0 Å². The number of nitrogens with one attached hydrogen (secondary N) is 1. The van der Waals surface area contributed by atoms with Crippen LogP contribution in [0.1, 0.15) is 40.5 Å². The molecule has 0 fully saturated rings. The maximum absolute atomic E-state index is 11.7. The van der Waals surface area contributed by atoms with E-state index in [1.807, 2.05) is 0 Å². The van der Waals surface area contributed by atoms with Crippen LogP contribution in [0.15, 0.2) is 11.1 Å². The number of hydrogen-bond acceptors (Lipinski definition) is 3. The van der Waals surface area contributed by atoms with Crippen LogP contribution in [0.4, 0.5) is 0 Å². The van der Waals surface area contributed by atoms with Gasteiger partial charge in [0.15, 0.2) is 0 Å². The lowest BCUT2D eigenvalue weighted by Gasteiger charge is -2.20. The van der Waals surface area contributed by atoms with Crippen molar-refractivity contribution in [3.63, 3.8) is 0 Å². The van der Waals surface area contributed by atoms with Gasteiger partial charge in [0.05, 0.1) is 0 Å². The van der Waals surface area contributed by atoms with Crippen LogP contribution in [-0.2, 0) is 9.59 Å². The van der Waals surface area contributed by atoms with Crippen molar-refractivity contribution in [3.05, 3.63) is 11.1 Å². The highest BCUT2D eigenvalue weighted by molar-refractivity contribution is 6.01. The summed E-state index contributed by atoms with van der Waals surface area (Å²) >= 11 is 0. The predicted octanol–water partition coefficient (Wildman–Crippen LogP) is 1.64. The summed E-state index contributed by atoms with van der Waals surface area (Å²) in [6.45, 7) is 8.83. The highest BCUT2D eigenvalue weighted by Crippen LogP contribution is 2.03. The molecule has 0 aliphatic heterocycles. The van der Waals surface area contributed by atoms with Gasteiger partial charge in [-0.05, 0) is 54.1 Å². The number of carboxylic acid groups (broad SMARTS) is 1. The summed E-state index contributed by atoms with van der Waals surface area (Å²) in [6.07, 6.45) is 1.90. The van der Waals surface area contributed by atoms with Gasteiger partial charge in [0, 0.05) is 23.7 Å². The molecule has 0 heterocycles. The molecule has 5 nitrogen and oxygen atoms in total.